The van der Waals surface area contributed by atoms with Crippen molar-refractivity contribution >= 4 is 0 Å². The van der Waals surface area contributed by atoms with Gasteiger partial charge in [-0.3, -0.25) is 0 Å². The number of fused-ring (bicyclic) bond motifs is 1. The second-order valence-electron chi connectivity index (χ2n) is 4.61. The molecule has 0 amide bonds. The zero-order valence-corrected chi connectivity index (χ0v) is 7.95. The Labute approximate surface area is 80.0 Å². The average molecular weight is 172 g/mol. The van der Waals surface area contributed by atoms with Gasteiger partial charge in [-0.1, -0.05) is 43.2 Å². The van der Waals surface area contributed by atoms with E-state index >= 15 is 0 Å². The second-order valence-corrected chi connectivity index (χ2v) is 4.61. The molecule has 68 valence electrons. The summed E-state index contributed by atoms with van der Waals surface area (Å²) >= 11 is 0. The van der Waals surface area contributed by atoms with Gasteiger partial charge in [0.05, 0.1) is 0 Å². The maximum Gasteiger partial charge on any atom is -0.0131 e. The van der Waals surface area contributed by atoms with E-state index in [0.29, 0.717) is 0 Å². The van der Waals surface area contributed by atoms with E-state index in [1.54, 1.807) is 5.56 Å². The van der Waals surface area contributed by atoms with Crippen LogP contribution in [0.4, 0.5) is 0 Å². The predicted octanol–water partition coefficient (Wildman–Crippen LogP) is 3.59. The van der Waals surface area contributed by atoms with Crippen LogP contribution in [0.3, 0.4) is 0 Å². The van der Waals surface area contributed by atoms with Crippen LogP contribution in [-0.2, 0) is 0 Å². The van der Waals surface area contributed by atoms with Crippen molar-refractivity contribution < 1.29 is 0 Å². The summed E-state index contributed by atoms with van der Waals surface area (Å²) in [4.78, 5) is 0. The molecule has 2 fully saturated rings. The maximum absolute atomic E-state index is 2.31. The van der Waals surface area contributed by atoms with Crippen LogP contribution in [0.2, 0.25) is 0 Å². The third kappa shape index (κ3) is 1.29. The van der Waals surface area contributed by atoms with Crippen LogP contribution < -0.4 is 0 Å². The first-order valence-electron chi connectivity index (χ1n) is 5.50. The molecule has 2 saturated carbocycles. The highest BCUT2D eigenvalue weighted by Crippen LogP contribution is 2.56. The normalized spacial score (nSPS) is 36.8. The Bertz CT molecular complexity index is 288. The van der Waals surface area contributed by atoms with Crippen molar-refractivity contribution in [2.75, 3.05) is 0 Å². The van der Waals surface area contributed by atoms with Gasteiger partial charge in [-0.15, -0.1) is 0 Å². The molecule has 13 heavy (non-hydrogen) atoms. The third-order valence-electron chi connectivity index (χ3n) is 3.81. The largest absolute Gasteiger partial charge is 0.0622 e. The van der Waals surface area contributed by atoms with E-state index in [0.717, 1.165) is 17.8 Å². The summed E-state index contributed by atoms with van der Waals surface area (Å²) in [6.45, 7) is 0. The molecule has 0 aromatic heterocycles. The van der Waals surface area contributed by atoms with Gasteiger partial charge in [0.1, 0.15) is 0 Å². The van der Waals surface area contributed by atoms with Gasteiger partial charge < -0.3 is 0 Å². The smallest absolute Gasteiger partial charge is 0.0131 e. The second kappa shape index (κ2) is 2.87. The summed E-state index contributed by atoms with van der Waals surface area (Å²) in [7, 11) is 0. The summed E-state index contributed by atoms with van der Waals surface area (Å²) in [5.74, 6) is 3.05. The first kappa shape index (κ1) is 7.61. The molecule has 0 nitrogen and oxygen atoms in total. The van der Waals surface area contributed by atoms with E-state index in [-0.39, 0.29) is 0 Å². The van der Waals surface area contributed by atoms with Crippen LogP contribution >= 0.6 is 0 Å². The first-order chi connectivity index (χ1) is 6.45. The summed E-state index contributed by atoms with van der Waals surface area (Å²) in [6.07, 6.45) is 5.92. The molecule has 0 heterocycles. The van der Waals surface area contributed by atoms with Gasteiger partial charge in [0.25, 0.3) is 0 Å². The van der Waals surface area contributed by atoms with Crippen molar-refractivity contribution in [3.05, 3.63) is 35.9 Å². The molecule has 1 aromatic carbocycles. The minimum atomic E-state index is 0.903. The van der Waals surface area contributed by atoms with Gasteiger partial charge in [-0.25, -0.2) is 0 Å². The number of benzene rings is 1. The zero-order chi connectivity index (χ0) is 8.67. The Kier molecular flexibility index (Phi) is 1.68. The quantitative estimate of drug-likeness (QED) is 0.607. The lowest BCUT2D eigenvalue weighted by atomic mass is 9.84. The molecular formula is C13H16. The first-order valence-corrected chi connectivity index (χ1v) is 5.50. The fraction of sp³-hybridized carbons (Fsp3) is 0.538. The van der Waals surface area contributed by atoms with Crippen molar-refractivity contribution in [3.63, 3.8) is 0 Å². The fourth-order valence-corrected chi connectivity index (χ4v) is 3.02. The molecule has 3 atom stereocenters. The molecule has 0 heteroatoms. The Hall–Kier alpha value is -0.780. The monoisotopic (exact) mass is 172 g/mol. The zero-order valence-electron chi connectivity index (χ0n) is 7.95. The molecule has 1 aromatic rings. The summed E-state index contributed by atoms with van der Waals surface area (Å²) < 4.78 is 0. The minimum absolute atomic E-state index is 0.903. The van der Waals surface area contributed by atoms with Crippen LogP contribution in [0.5, 0.6) is 0 Å². The minimum Gasteiger partial charge on any atom is -0.0622 e. The van der Waals surface area contributed by atoms with E-state index in [2.05, 4.69) is 30.3 Å². The number of hydrogen-bond acceptors (Lipinski definition) is 0. The summed E-state index contributed by atoms with van der Waals surface area (Å²) in [5, 5.41) is 0. The molecule has 0 aliphatic heterocycles. The SMILES string of the molecule is c1ccc([C@H]2CCC[C@@H]3C[C@@H]32)cc1. The van der Waals surface area contributed by atoms with Crippen LogP contribution in [0.15, 0.2) is 30.3 Å². The highest BCUT2D eigenvalue weighted by atomic mass is 14.5. The van der Waals surface area contributed by atoms with Crippen molar-refractivity contribution in [3.8, 4) is 0 Å². The van der Waals surface area contributed by atoms with Crippen molar-refractivity contribution in [2.45, 2.75) is 31.6 Å². The lowest BCUT2D eigenvalue weighted by Crippen LogP contribution is -2.07. The van der Waals surface area contributed by atoms with Gasteiger partial charge in [-0.2, -0.15) is 0 Å². The van der Waals surface area contributed by atoms with Gasteiger partial charge in [0.15, 0.2) is 0 Å². The van der Waals surface area contributed by atoms with E-state index in [1.165, 1.54) is 25.7 Å². The van der Waals surface area contributed by atoms with Gasteiger partial charge in [-0.05, 0) is 36.2 Å². The van der Waals surface area contributed by atoms with E-state index in [1.807, 2.05) is 0 Å². The molecular weight excluding hydrogens is 156 g/mol. The molecule has 2 aliphatic rings. The van der Waals surface area contributed by atoms with Crippen LogP contribution in [-0.4, -0.2) is 0 Å². The van der Waals surface area contributed by atoms with Gasteiger partial charge in [0, 0.05) is 0 Å². The molecule has 0 N–H and O–H groups in total. The lowest BCUT2D eigenvalue weighted by molar-refractivity contribution is 0.420. The van der Waals surface area contributed by atoms with Gasteiger partial charge >= 0.3 is 0 Å². The van der Waals surface area contributed by atoms with Gasteiger partial charge in [0.2, 0.25) is 0 Å². The highest BCUT2D eigenvalue weighted by Gasteiger charge is 2.45. The van der Waals surface area contributed by atoms with Crippen LogP contribution in [0, 0.1) is 11.8 Å². The Morgan fingerprint density at radius 2 is 1.85 bits per heavy atom. The fourth-order valence-electron chi connectivity index (χ4n) is 3.02. The molecule has 0 saturated heterocycles. The van der Waals surface area contributed by atoms with Crippen LogP contribution in [0.25, 0.3) is 0 Å². The Balaban J connectivity index is 1.85. The van der Waals surface area contributed by atoms with Crippen molar-refractivity contribution in [1.29, 1.82) is 0 Å². The van der Waals surface area contributed by atoms with Crippen molar-refractivity contribution in [2.24, 2.45) is 11.8 Å². The van der Waals surface area contributed by atoms with E-state index in [9.17, 15) is 0 Å². The topological polar surface area (TPSA) is 0 Å². The lowest BCUT2D eigenvalue weighted by Gasteiger charge is -2.21. The maximum atomic E-state index is 2.31. The Morgan fingerprint density at radius 1 is 1.00 bits per heavy atom. The molecule has 0 unspecified atom stereocenters. The summed E-state index contributed by atoms with van der Waals surface area (Å²) in [6, 6.07) is 11.1. The number of hydrogen-bond donors (Lipinski definition) is 0. The van der Waals surface area contributed by atoms with E-state index in [4.69, 9.17) is 0 Å². The number of rotatable bonds is 1. The van der Waals surface area contributed by atoms with E-state index < -0.39 is 0 Å². The molecule has 0 spiro atoms. The third-order valence-corrected chi connectivity index (χ3v) is 3.81. The molecule has 0 radical (unpaired) electrons. The average Bonchev–Trinajstić information content (AvgIpc) is 2.97. The Morgan fingerprint density at radius 3 is 2.69 bits per heavy atom. The molecule has 2 aliphatic carbocycles. The predicted molar refractivity (Wildman–Crippen MR) is 54.6 cm³/mol. The molecule has 3 rings (SSSR count). The summed E-state index contributed by atoms with van der Waals surface area (Å²) in [5.41, 5.74) is 1.59. The van der Waals surface area contributed by atoms with Crippen molar-refractivity contribution in [1.82, 2.24) is 0 Å². The van der Waals surface area contributed by atoms with Crippen LogP contribution in [0.1, 0.15) is 37.2 Å². The standard InChI is InChI=1S/C13H16/c1-2-5-10(6-3-1)12-8-4-7-11-9-13(11)12/h1-3,5-6,11-13H,4,7-9H2/t11-,12-,13+/m1/s1. The molecule has 0 bridgehead atoms. The highest BCUT2D eigenvalue weighted by molar-refractivity contribution is 5.23.